The van der Waals surface area contributed by atoms with E-state index in [1.54, 1.807) is 0 Å². The Morgan fingerprint density at radius 3 is 2.60 bits per heavy atom. The number of rotatable bonds is 9. The predicted molar refractivity (Wildman–Crippen MR) is 93.5 cm³/mol. The summed E-state index contributed by atoms with van der Waals surface area (Å²) in [5, 5.41) is 4.47. The van der Waals surface area contributed by atoms with Crippen molar-refractivity contribution >= 4 is 27.5 Å². The summed E-state index contributed by atoms with van der Waals surface area (Å²) >= 11 is 9.95. The molecule has 1 aromatic rings. The lowest BCUT2D eigenvalue weighted by Crippen LogP contribution is -2.24. The fraction of sp³-hybridized carbons (Fsp3) is 0.647. The third-order valence-electron chi connectivity index (χ3n) is 3.90. The van der Waals surface area contributed by atoms with Crippen molar-refractivity contribution in [1.29, 1.82) is 0 Å². The summed E-state index contributed by atoms with van der Waals surface area (Å²) in [5.41, 5.74) is 1.22. The van der Waals surface area contributed by atoms with Gasteiger partial charge < -0.3 is 5.32 Å². The van der Waals surface area contributed by atoms with Crippen molar-refractivity contribution in [1.82, 2.24) is 5.32 Å². The van der Waals surface area contributed by atoms with Crippen LogP contribution in [0.4, 0.5) is 0 Å². The molecule has 0 saturated carbocycles. The molecule has 0 amide bonds. The lowest BCUT2D eigenvalue weighted by molar-refractivity contribution is 0.357. The minimum Gasteiger partial charge on any atom is -0.310 e. The molecule has 0 fully saturated rings. The van der Waals surface area contributed by atoms with Crippen LogP contribution in [0.15, 0.2) is 22.7 Å². The Morgan fingerprint density at radius 1 is 1.25 bits per heavy atom. The first-order valence-corrected chi connectivity index (χ1v) is 8.97. The number of hydrogen-bond donors (Lipinski definition) is 1. The van der Waals surface area contributed by atoms with E-state index in [0.717, 1.165) is 22.0 Å². The molecule has 2 atom stereocenters. The van der Waals surface area contributed by atoms with Gasteiger partial charge in [-0.15, -0.1) is 0 Å². The van der Waals surface area contributed by atoms with Crippen LogP contribution < -0.4 is 5.32 Å². The van der Waals surface area contributed by atoms with Crippen LogP contribution in [0.1, 0.15) is 64.5 Å². The smallest absolute Gasteiger partial charge is 0.0454 e. The maximum absolute atomic E-state index is 6.40. The topological polar surface area (TPSA) is 12.0 Å². The van der Waals surface area contributed by atoms with E-state index in [2.05, 4.69) is 48.1 Å². The summed E-state index contributed by atoms with van der Waals surface area (Å²) in [6.07, 6.45) is 6.33. The second kappa shape index (κ2) is 9.81. The van der Waals surface area contributed by atoms with E-state index in [4.69, 9.17) is 11.6 Å². The highest BCUT2D eigenvalue weighted by atomic mass is 79.9. The van der Waals surface area contributed by atoms with Crippen molar-refractivity contribution in [2.45, 2.75) is 58.9 Å². The minimum absolute atomic E-state index is 0.354. The van der Waals surface area contributed by atoms with Crippen molar-refractivity contribution in [2.75, 3.05) is 6.54 Å². The average molecular weight is 361 g/mol. The van der Waals surface area contributed by atoms with Crippen molar-refractivity contribution < 1.29 is 0 Å². The molecule has 0 heterocycles. The molecule has 0 saturated heterocycles. The zero-order chi connectivity index (χ0) is 15.0. The number of nitrogens with one attached hydrogen (secondary N) is 1. The van der Waals surface area contributed by atoms with Crippen LogP contribution in [0.2, 0.25) is 5.02 Å². The highest BCUT2D eigenvalue weighted by Crippen LogP contribution is 2.32. The monoisotopic (exact) mass is 359 g/mol. The third kappa shape index (κ3) is 5.75. The molecule has 0 radical (unpaired) electrons. The van der Waals surface area contributed by atoms with E-state index in [1.807, 2.05) is 12.1 Å². The van der Waals surface area contributed by atoms with Crippen LogP contribution in [0, 0.1) is 5.92 Å². The fourth-order valence-electron chi connectivity index (χ4n) is 2.66. The molecule has 0 bridgehead atoms. The summed E-state index contributed by atoms with van der Waals surface area (Å²) < 4.78 is 1.10. The van der Waals surface area contributed by atoms with Crippen molar-refractivity contribution in [3.63, 3.8) is 0 Å². The SMILES string of the molecule is CCCCC(CC)CC(NCC)c1cc(Br)ccc1Cl. The molecule has 1 N–H and O–H groups in total. The van der Waals surface area contributed by atoms with E-state index >= 15 is 0 Å². The van der Waals surface area contributed by atoms with Crippen molar-refractivity contribution in [3.05, 3.63) is 33.3 Å². The Bertz CT molecular complexity index is 395. The second-order valence-electron chi connectivity index (χ2n) is 5.43. The van der Waals surface area contributed by atoms with E-state index < -0.39 is 0 Å². The van der Waals surface area contributed by atoms with Crippen LogP contribution in [0.5, 0.6) is 0 Å². The zero-order valence-electron chi connectivity index (χ0n) is 12.9. The van der Waals surface area contributed by atoms with E-state index in [1.165, 1.54) is 37.7 Å². The van der Waals surface area contributed by atoms with Crippen LogP contribution in [-0.4, -0.2) is 6.54 Å². The van der Waals surface area contributed by atoms with Gasteiger partial charge in [-0.05, 0) is 42.6 Å². The van der Waals surface area contributed by atoms with Gasteiger partial charge in [0, 0.05) is 15.5 Å². The van der Waals surface area contributed by atoms with Gasteiger partial charge in [0.1, 0.15) is 0 Å². The quantitative estimate of drug-likeness (QED) is 0.540. The molecule has 2 unspecified atom stereocenters. The minimum atomic E-state index is 0.354. The van der Waals surface area contributed by atoms with Crippen LogP contribution in [-0.2, 0) is 0 Å². The highest BCUT2D eigenvalue weighted by molar-refractivity contribution is 9.10. The third-order valence-corrected chi connectivity index (χ3v) is 4.73. The standard InChI is InChI=1S/C17H27BrClN/c1-4-7-8-13(5-2)11-17(20-6-3)15-12-14(18)9-10-16(15)19/h9-10,12-13,17,20H,4-8,11H2,1-3H3. The largest absolute Gasteiger partial charge is 0.310 e. The predicted octanol–water partition coefficient (Wildman–Crippen LogP) is 6.36. The van der Waals surface area contributed by atoms with Gasteiger partial charge in [-0.2, -0.15) is 0 Å². The molecular formula is C17H27BrClN. The van der Waals surface area contributed by atoms with Gasteiger partial charge in [0.25, 0.3) is 0 Å². The second-order valence-corrected chi connectivity index (χ2v) is 6.75. The van der Waals surface area contributed by atoms with Crippen molar-refractivity contribution in [2.24, 2.45) is 5.92 Å². The number of halogens is 2. The van der Waals surface area contributed by atoms with Gasteiger partial charge in [0.2, 0.25) is 0 Å². The Labute approximate surface area is 137 Å². The normalized spacial score (nSPS) is 14.2. The Balaban J connectivity index is 2.84. The van der Waals surface area contributed by atoms with Gasteiger partial charge in [0.05, 0.1) is 0 Å². The number of unbranched alkanes of at least 4 members (excludes halogenated alkanes) is 1. The molecule has 0 aromatic heterocycles. The summed E-state index contributed by atoms with van der Waals surface area (Å²) in [4.78, 5) is 0. The van der Waals surface area contributed by atoms with Gasteiger partial charge in [-0.3, -0.25) is 0 Å². The van der Waals surface area contributed by atoms with Crippen LogP contribution >= 0.6 is 27.5 Å². The zero-order valence-corrected chi connectivity index (χ0v) is 15.2. The lowest BCUT2D eigenvalue weighted by atomic mass is 9.89. The average Bonchev–Trinajstić information content (AvgIpc) is 2.45. The first-order valence-electron chi connectivity index (χ1n) is 7.80. The van der Waals surface area contributed by atoms with Gasteiger partial charge >= 0.3 is 0 Å². The molecule has 0 aliphatic carbocycles. The van der Waals surface area contributed by atoms with Gasteiger partial charge in [-0.25, -0.2) is 0 Å². The molecule has 1 aromatic carbocycles. The maximum Gasteiger partial charge on any atom is 0.0454 e. The van der Waals surface area contributed by atoms with Crippen LogP contribution in [0.25, 0.3) is 0 Å². The molecule has 0 aliphatic rings. The number of hydrogen-bond acceptors (Lipinski definition) is 1. The van der Waals surface area contributed by atoms with E-state index in [-0.39, 0.29) is 0 Å². The molecule has 1 nitrogen and oxygen atoms in total. The Kier molecular flexibility index (Phi) is 8.83. The Hall–Kier alpha value is -0.0500. The van der Waals surface area contributed by atoms with Gasteiger partial charge in [-0.1, -0.05) is 74.0 Å². The summed E-state index contributed by atoms with van der Waals surface area (Å²) in [5.74, 6) is 0.772. The number of benzene rings is 1. The first kappa shape index (κ1) is 18.0. The van der Waals surface area contributed by atoms with Crippen molar-refractivity contribution in [3.8, 4) is 0 Å². The van der Waals surface area contributed by atoms with E-state index in [0.29, 0.717) is 6.04 Å². The molecule has 0 aliphatic heterocycles. The summed E-state index contributed by atoms with van der Waals surface area (Å²) in [6.45, 7) is 7.69. The van der Waals surface area contributed by atoms with Gasteiger partial charge in [0.15, 0.2) is 0 Å². The summed E-state index contributed by atoms with van der Waals surface area (Å²) in [6, 6.07) is 6.50. The summed E-state index contributed by atoms with van der Waals surface area (Å²) in [7, 11) is 0. The molecule has 0 spiro atoms. The maximum atomic E-state index is 6.40. The molecule has 3 heteroatoms. The Morgan fingerprint density at radius 2 is 2.00 bits per heavy atom. The lowest BCUT2D eigenvalue weighted by Gasteiger charge is -2.25. The molecule has 114 valence electrons. The first-order chi connectivity index (χ1) is 9.62. The molecule has 1 rings (SSSR count). The highest BCUT2D eigenvalue weighted by Gasteiger charge is 2.18. The molecular weight excluding hydrogens is 334 g/mol. The van der Waals surface area contributed by atoms with Crippen LogP contribution in [0.3, 0.4) is 0 Å². The fourth-order valence-corrected chi connectivity index (χ4v) is 3.29. The molecule has 20 heavy (non-hydrogen) atoms. The van der Waals surface area contributed by atoms with E-state index in [9.17, 15) is 0 Å².